The average Bonchev–Trinajstić information content (AvgIpc) is 3.04. The van der Waals surface area contributed by atoms with Crippen molar-refractivity contribution in [1.82, 2.24) is 10.4 Å². The number of amides is 1. The molecule has 0 spiro atoms. The topological polar surface area (TPSA) is 67.5 Å². The fourth-order valence-corrected chi connectivity index (χ4v) is 2.28. The largest absolute Gasteiger partial charge is 0.455 e. The van der Waals surface area contributed by atoms with Gasteiger partial charge in [0, 0.05) is 17.5 Å². The van der Waals surface area contributed by atoms with E-state index >= 15 is 0 Å². The quantitative estimate of drug-likeness (QED) is 0.575. The van der Waals surface area contributed by atoms with E-state index in [1.54, 1.807) is 30.3 Å². The highest BCUT2D eigenvalue weighted by Crippen LogP contribution is 2.28. The number of furan rings is 1. The lowest BCUT2D eigenvalue weighted by molar-refractivity contribution is 0.0954. The Bertz CT molecular complexity index is 885. The summed E-state index contributed by atoms with van der Waals surface area (Å²) < 4.78 is 5.66. The molecular weight excluding hydrogens is 326 g/mol. The highest BCUT2D eigenvalue weighted by Gasteiger charge is 2.07. The minimum absolute atomic E-state index is 0.336. The van der Waals surface area contributed by atoms with E-state index in [0.29, 0.717) is 22.1 Å². The lowest BCUT2D eigenvalue weighted by Crippen LogP contribution is -2.17. The molecule has 0 aliphatic carbocycles. The van der Waals surface area contributed by atoms with Crippen LogP contribution in [0.4, 0.5) is 0 Å². The van der Waals surface area contributed by atoms with Gasteiger partial charge in [0.1, 0.15) is 11.5 Å². The van der Waals surface area contributed by atoms with Gasteiger partial charge in [-0.05, 0) is 43.3 Å². The summed E-state index contributed by atoms with van der Waals surface area (Å²) in [6.07, 6.45) is 2.93. The minimum Gasteiger partial charge on any atom is -0.455 e. The number of carbonyl (C=O) groups is 1. The van der Waals surface area contributed by atoms with E-state index in [1.165, 1.54) is 12.4 Å². The summed E-state index contributed by atoms with van der Waals surface area (Å²) in [6, 6.07) is 14.4. The normalized spacial score (nSPS) is 10.9. The molecule has 1 N–H and O–H groups in total. The minimum atomic E-state index is -0.336. The van der Waals surface area contributed by atoms with Gasteiger partial charge in [-0.1, -0.05) is 23.7 Å². The molecule has 0 unspecified atom stereocenters. The van der Waals surface area contributed by atoms with Crippen LogP contribution in [0.5, 0.6) is 0 Å². The van der Waals surface area contributed by atoms with E-state index in [-0.39, 0.29) is 5.91 Å². The molecule has 120 valence electrons. The van der Waals surface area contributed by atoms with Crippen LogP contribution in [0.15, 0.2) is 64.2 Å². The van der Waals surface area contributed by atoms with Crippen LogP contribution in [-0.2, 0) is 0 Å². The zero-order valence-electron chi connectivity index (χ0n) is 12.9. The second-order valence-electron chi connectivity index (χ2n) is 5.07. The first-order valence-electron chi connectivity index (χ1n) is 7.24. The van der Waals surface area contributed by atoms with Crippen LogP contribution in [0.2, 0.25) is 5.02 Å². The third-order valence-corrected chi connectivity index (χ3v) is 3.63. The van der Waals surface area contributed by atoms with Gasteiger partial charge < -0.3 is 4.42 Å². The molecule has 1 aromatic carbocycles. The van der Waals surface area contributed by atoms with Crippen molar-refractivity contribution in [2.24, 2.45) is 5.10 Å². The van der Waals surface area contributed by atoms with Gasteiger partial charge in [-0.25, -0.2) is 5.43 Å². The molecule has 0 saturated heterocycles. The first kappa shape index (κ1) is 16.0. The van der Waals surface area contributed by atoms with Crippen LogP contribution in [-0.4, -0.2) is 17.1 Å². The van der Waals surface area contributed by atoms with Crippen molar-refractivity contribution in [2.45, 2.75) is 6.92 Å². The van der Waals surface area contributed by atoms with Gasteiger partial charge in [0.2, 0.25) is 0 Å². The number of hydrogen-bond acceptors (Lipinski definition) is 4. The van der Waals surface area contributed by atoms with Crippen LogP contribution >= 0.6 is 11.6 Å². The number of carbonyl (C=O) groups excluding carboxylic acids is 1. The highest BCUT2D eigenvalue weighted by atomic mass is 35.5. The molecule has 0 bridgehead atoms. The Balaban J connectivity index is 1.66. The number of benzene rings is 1. The van der Waals surface area contributed by atoms with Crippen molar-refractivity contribution >= 4 is 23.7 Å². The number of nitrogens with zero attached hydrogens (tertiary/aromatic N) is 2. The number of halogens is 1. The summed E-state index contributed by atoms with van der Waals surface area (Å²) in [5, 5.41) is 4.50. The number of aromatic nitrogens is 1. The van der Waals surface area contributed by atoms with Crippen LogP contribution in [0.25, 0.3) is 11.3 Å². The lowest BCUT2D eigenvalue weighted by atomic mass is 10.2. The number of rotatable bonds is 4. The van der Waals surface area contributed by atoms with Gasteiger partial charge in [-0.3, -0.25) is 9.78 Å². The summed E-state index contributed by atoms with van der Waals surface area (Å²) >= 11 is 6.14. The number of aryl methyl sites for hydroxylation is 1. The number of hydrazone groups is 1. The fourth-order valence-electron chi connectivity index (χ4n) is 2.05. The third-order valence-electron chi connectivity index (χ3n) is 3.30. The molecule has 0 fully saturated rings. The maximum absolute atomic E-state index is 11.9. The first-order chi connectivity index (χ1) is 11.6. The van der Waals surface area contributed by atoms with Crippen molar-refractivity contribution in [3.8, 4) is 11.3 Å². The molecule has 2 aromatic heterocycles. The highest BCUT2D eigenvalue weighted by molar-refractivity contribution is 6.33. The molecule has 5 nitrogen and oxygen atoms in total. The van der Waals surface area contributed by atoms with Gasteiger partial charge in [-0.2, -0.15) is 5.10 Å². The van der Waals surface area contributed by atoms with Crippen LogP contribution in [0.1, 0.15) is 21.8 Å². The van der Waals surface area contributed by atoms with Crippen LogP contribution in [0.3, 0.4) is 0 Å². The van der Waals surface area contributed by atoms with Crippen molar-refractivity contribution in [3.63, 3.8) is 0 Å². The molecule has 6 heteroatoms. The fraction of sp³-hybridized carbons (Fsp3) is 0.0556. The molecule has 3 aromatic rings. The van der Waals surface area contributed by atoms with Gasteiger partial charge in [0.15, 0.2) is 0 Å². The standard InChI is InChI=1S/C18H14ClN3O2/c1-12-6-7-13(10-20-12)18(23)22-21-11-14-8-9-17(24-14)15-4-2-3-5-16(15)19/h2-11H,1H3,(H,22,23)/b21-11+. The van der Waals surface area contributed by atoms with Gasteiger partial charge in [-0.15, -0.1) is 0 Å². The molecule has 24 heavy (non-hydrogen) atoms. The third kappa shape index (κ3) is 3.70. The van der Waals surface area contributed by atoms with E-state index in [9.17, 15) is 4.79 Å². The number of pyridine rings is 1. The molecule has 1 amide bonds. The van der Waals surface area contributed by atoms with E-state index in [0.717, 1.165) is 11.3 Å². The molecule has 0 radical (unpaired) electrons. The molecule has 2 heterocycles. The van der Waals surface area contributed by atoms with Crippen molar-refractivity contribution in [1.29, 1.82) is 0 Å². The monoisotopic (exact) mass is 339 g/mol. The predicted molar refractivity (Wildman–Crippen MR) is 93.2 cm³/mol. The summed E-state index contributed by atoms with van der Waals surface area (Å²) in [7, 11) is 0. The second kappa shape index (κ2) is 7.10. The Morgan fingerprint density at radius 3 is 2.79 bits per heavy atom. The maximum atomic E-state index is 11.9. The lowest BCUT2D eigenvalue weighted by Gasteiger charge is -1.99. The van der Waals surface area contributed by atoms with E-state index in [1.807, 2.05) is 25.1 Å². The second-order valence-corrected chi connectivity index (χ2v) is 5.48. The van der Waals surface area contributed by atoms with Crippen molar-refractivity contribution in [2.75, 3.05) is 0 Å². The van der Waals surface area contributed by atoms with Crippen molar-refractivity contribution in [3.05, 3.63) is 76.8 Å². The smallest absolute Gasteiger partial charge is 0.272 e. The molecular formula is C18H14ClN3O2. The zero-order chi connectivity index (χ0) is 16.9. The Labute approximate surface area is 144 Å². The summed E-state index contributed by atoms with van der Waals surface area (Å²) in [6.45, 7) is 1.85. The van der Waals surface area contributed by atoms with E-state index < -0.39 is 0 Å². The maximum Gasteiger partial charge on any atom is 0.272 e. The molecule has 0 atom stereocenters. The van der Waals surface area contributed by atoms with Crippen LogP contribution < -0.4 is 5.43 Å². The summed E-state index contributed by atoms with van der Waals surface area (Å²) in [5.41, 5.74) is 4.52. The van der Waals surface area contributed by atoms with Crippen molar-refractivity contribution < 1.29 is 9.21 Å². The summed E-state index contributed by atoms with van der Waals surface area (Å²) in [5.74, 6) is 0.806. The molecule has 3 rings (SSSR count). The Kier molecular flexibility index (Phi) is 4.72. The Morgan fingerprint density at radius 2 is 2.04 bits per heavy atom. The van der Waals surface area contributed by atoms with Crippen LogP contribution in [0, 0.1) is 6.92 Å². The van der Waals surface area contributed by atoms with Gasteiger partial charge in [0.25, 0.3) is 5.91 Å². The van der Waals surface area contributed by atoms with Gasteiger partial charge >= 0.3 is 0 Å². The molecule has 0 aliphatic heterocycles. The Hall–Kier alpha value is -2.92. The zero-order valence-corrected chi connectivity index (χ0v) is 13.6. The molecule has 0 saturated carbocycles. The average molecular weight is 340 g/mol. The van der Waals surface area contributed by atoms with E-state index in [2.05, 4.69) is 15.5 Å². The molecule has 0 aliphatic rings. The number of hydrogen-bond donors (Lipinski definition) is 1. The predicted octanol–water partition coefficient (Wildman–Crippen LogP) is 4.07. The SMILES string of the molecule is Cc1ccc(C(=O)N/N=C/c2ccc(-c3ccccc3Cl)o2)cn1. The first-order valence-corrected chi connectivity index (χ1v) is 7.62. The Morgan fingerprint density at radius 1 is 1.21 bits per heavy atom. The van der Waals surface area contributed by atoms with E-state index in [4.69, 9.17) is 16.0 Å². The number of nitrogens with one attached hydrogen (secondary N) is 1. The summed E-state index contributed by atoms with van der Waals surface area (Å²) in [4.78, 5) is 16.0. The van der Waals surface area contributed by atoms with Gasteiger partial charge in [0.05, 0.1) is 16.8 Å².